The number of hydrogen-bond donors (Lipinski definition) is 2. The first kappa shape index (κ1) is 25.8. The lowest BCUT2D eigenvalue weighted by Crippen LogP contribution is -2.52. The lowest BCUT2D eigenvalue weighted by Gasteiger charge is -2.36. The molecule has 2 aliphatic heterocycles. The third-order valence-electron chi connectivity index (χ3n) is 6.75. The van der Waals surface area contributed by atoms with Gasteiger partial charge in [-0.25, -0.2) is 4.79 Å². The Morgan fingerprint density at radius 2 is 1.67 bits per heavy atom. The van der Waals surface area contributed by atoms with Crippen LogP contribution >= 0.6 is 0 Å². The van der Waals surface area contributed by atoms with Gasteiger partial charge >= 0.3 is 12.2 Å². The van der Waals surface area contributed by atoms with Crippen molar-refractivity contribution in [1.29, 1.82) is 0 Å². The molecule has 2 aromatic rings. The third-order valence-corrected chi connectivity index (χ3v) is 6.75. The number of alkyl halides is 3. The number of para-hydroxylation sites is 1. The number of nitrogens with one attached hydrogen (secondary N) is 2. The molecule has 10 heteroatoms. The van der Waals surface area contributed by atoms with Crippen LogP contribution < -0.4 is 15.5 Å². The molecule has 2 fully saturated rings. The van der Waals surface area contributed by atoms with E-state index in [0.29, 0.717) is 57.8 Å². The van der Waals surface area contributed by atoms with Crippen LogP contribution in [0.25, 0.3) is 0 Å². The van der Waals surface area contributed by atoms with Gasteiger partial charge in [-0.15, -0.1) is 0 Å². The number of halogens is 3. The van der Waals surface area contributed by atoms with E-state index in [9.17, 15) is 22.8 Å². The minimum absolute atomic E-state index is 0.0743. The van der Waals surface area contributed by atoms with Crippen LogP contribution in [0.15, 0.2) is 54.6 Å². The lowest BCUT2D eigenvalue weighted by atomic mass is 9.86. The first-order valence-corrected chi connectivity index (χ1v) is 12.2. The second-order valence-electron chi connectivity index (χ2n) is 9.08. The summed E-state index contributed by atoms with van der Waals surface area (Å²) in [5.41, 5.74) is 0.732. The molecule has 0 saturated carbocycles. The van der Waals surface area contributed by atoms with Crippen LogP contribution in [0.1, 0.15) is 30.0 Å². The summed E-state index contributed by atoms with van der Waals surface area (Å²) in [6.07, 6.45) is -3.24. The summed E-state index contributed by atoms with van der Waals surface area (Å²) >= 11 is 0. The summed E-state index contributed by atoms with van der Waals surface area (Å²) in [4.78, 5) is 29.3. The number of urea groups is 1. The summed E-state index contributed by atoms with van der Waals surface area (Å²) in [6.45, 7) is 3.28. The van der Waals surface area contributed by atoms with Gasteiger partial charge in [0.2, 0.25) is 5.91 Å². The largest absolute Gasteiger partial charge is 0.416 e. The van der Waals surface area contributed by atoms with Crippen molar-refractivity contribution in [3.05, 3.63) is 65.7 Å². The zero-order chi connectivity index (χ0) is 25.5. The van der Waals surface area contributed by atoms with E-state index in [2.05, 4.69) is 15.5 Å². The van der Waals surface area contributed by atoms with Gasteiger partial charge in [-0.05, 0) is 48.6 Å². The maximum atomic E-state index is 13.3. The Bertz CT molecular complexity index is 1020. The zero-order valence-corrected chi connectivity index (χ0v) is 20.0. The number of hydrogen-bond acceptors (Lipinski definition) is 4. The van der Waals surface area contributed by atoms with Crippen LogP contribution in [0.2, 0.25) is 0 Å². The van der Waals surface area contributed by atoms with Crippen molar-refractivity contribution in [1.82, 2.24) is 15.5 Å². The van der Waals surface area contributed by atoms with Crippen LogP contribution in [-0.4, -0.2) is 62.8 Å². The molecule has 194 valence electrons. The van der Waals surface area contributed by atoms with E-state index >= 15 is 0 Å². The van der Waals surface area contributed by atoms with Crippen molar-refractivity contribution in [2.24, 2.45) is 5.92 Å². The molecule has 3 amide bonds. The molecule has 0 spiro atoms. The van der Waals surface area contributed by atoms with Crippen molar-refractivity contribution >= 4 is 17.6 Å². The number of amides is 3. The summed E-state index contributed by atoms with van der Waals surface area (Å²) in [5.74, 6) is -0.269. The standard InChI is InChI=1S/C26H31F3N4O3/c27-26(28,29)21-6-4-5-20(17-21)24(19-9-15-36-16-10-19)31-25(35)30-18-23(34)33-13-11-32(12-14-33)22-7-2-1-3-8-22/h1-8,17,19,24H,9-16,18H2,(H2,30,31,35). The van der Waals surface area contributed by atoms with Crippen LogP contribution in [0.3, 0.4) is 0 Å². The molecule has 2 saturated heterocycles. The Hall–Kier alpha value is -3.27. The molecule has 2 heterocycles. The average molecular weight is 505 g/mol. The summed E-state index contributed by atoms with van der Waals surface area (Å²) in [6, 6.07) is 13.8. The van der Waals surface area contributed by atoms with Crippen LogP contribution in [-0.2, 0) is 15.7 Å². The van der Waals surface area contributed by atoms with Gasteiger partial charge in [0.05, 0.1) is 18.2 Å². The Morgan fingerprint density at radius 1 is 0.972 bits per heavy atom. The summed E-state index contributed by atoms with van der Waals surface area (Å²) in [7, 11) is 0. The minimum Gasteiger partial charge on any atom is -0.381 e. The number of anilines is 1. The highest BCUT2D eigenvalue weighted by atomic mass is 19.4. The second-order valence-corrected chi connectivity index (χ2v) is 9.08. The molecule has 1 unspecified atom stereocenters. The highest BCUT2D eigenvalue weighted by Gasteiger charge is 2.33. The van der Waals surface area contributed by atoms with E-state index in [0.717, 1.165) is 17.8 Å². The van der Waals surface area contributed by atoms with Crippen LogP contribution in [0.5, 0.6) is 0 Å². The van der Waals surface area contributed by atoms with Gasteiger partial charge in [-0.2, -0.15) is 13.2 Å². The smallest absolute Gasteiger partial charge is 0.381 e. The van der Waals surface area contributed by atoms with Gasteiger partial charge in [-0.3, -0.25) is 4.79 Å². The lowest BCUT2D eigenvalue weighted by molar-refractivity contribution is -0.137. The van der Waals surface area contributed by atoms with Gasteiger partial charge in [-0.1, -0.05) is 30.3 Å². The summed E-state index contributed by atoms with van der Waals surface area (Å²) < 4.78 is 45.2. The van der Waals surface area contributed by atoms with Gasteiger partial charge in [0, 0.05) is 45.1 Å². The van der Waals surface area contributed by atoms with Gasteiger partial charge in [0.15, 0.2) is 0 Å². The monoisotopic (exact) mass is 504 g/mol. The van der Waals surface area contributed by atoms with Crippen LogP contribution in [0.4, 0.5) is 23.7 Å². The van der Waals surface area contributed by atoms with Gasteiger partial charge in [0.1, 0.15) is 0 Å². The van der Waals surface area contributed by atoms with E-state index in [4.69, 9.17) is 4.74 Å². The minimum atomic E-state index is -4.48. The Morgan fingerprint density at radius 3 is 2.33 bits per heavy atom. The highest BCUT2D eigenvalue weighted by Crippen LogP contribution is 2.34. The van der Waals surface area contributed by atoms with Crippen molar-refractivity contribution in [2.75, 3.05) is 50.8 Å². The molecule has 2 N–H and O–H groups in total. The fourth-order valence-corrected chi connectivity index (χ4v) is 4.74. The number of carbonyl (C=O) groups is 2. The average Bonchev–Trinajstić information content (AvgIpc) is 2.91. The van der Waals surface area contributed by atoms with Crippen LogP contribution in [0, 0.1) is 5.92 Å². The van der Waals surface area contributed by atoms with Crippen molar-refractivity contribution in [3.63, 3.8) is 0 Å². The van der Waals surface area contributed by atoms with Crippen molar-refractivity contribution in [2.45, 2.75) is 25.1 Å². The molecular weight excluding hydrogens is 473 g/mol. The Labute approximate surface area is 208 Å². The molecule has 0 radical (unpaired) electrons. The second kappa shape index (κ2) is 11.6. The molecule has 4 rings (SSSR count). The Kier molecular flexibility index (Phi) is 8.35. The number of rotatable bonds is 6. The van der Waals surface area contributed by atoms with E-state index in [1.54, 1.807) is 11.0 Å². The fraction of sp³-hybridized carbons (Fsp3) is 0.462. The third kappa shape index (κ3) is 6.69. The molecule has 2 aromatic carbocycles. The van der Waals surface area contributed by atoms with E-state index in [-0.39, 0.29) is 18.4 Å². The maximum absolute atomic E-state index is 13.3. The van der Waals surface area contributed by atoms with Gasteiger partial charge in [0.25, 0.3) is 0 Å². The van der Waals surface area contributed by atoms with Crippen molar-refractivity contribution < 1.29 is 27.5 Å². The number of carbonyl (C=O) groups excluding carboxylic acids is 2. The fourth-order valence-electron chi connectivity index (χ4n) is 4.74. The quantitative estimate of drug-likeness (QED) is 0.628. The predicted octanol–water partition coefficient (Wildman–Crippen LogP) is 3.82. The normalized spacial score (nSPS) is 18.0. The predicted molar refractivity (Wildman–Crippen MR) is 129 cm³/mol. The molecule has 0 bridgehead atoms. The molecule has 0 aliphatic carbocycles. The number of ether oxygens (including phenoxy) is 1. The Balaban J connectivity index is 1.33. The topological polar surface area (TPSA) is 73.9 Å². The molecule has 7 nitrogen and oxygen atoms in total. The van der Waals surface area contributed by atoms with Gasteiger partial charge < -0.3 is 25.2 Å². The van der Waals surface area contributed by atoms with E-state index < -0.39 is 23.8 Å². The first-order valence-electron chi connectivity index (χ1n) is 12.2. The maximum Gasteiger partial charge on any atom is 0.416 e. The first-order chi connectivity index (χ1) is 17.3. The number of nitrogens with zero attached hydrogens (tertiary/aromatic N) is 2. The van der Waals surface area contributed by atoms with E-state index in [1.807, 2.05) is 30.3 Å². The number of piperazine rings is 1. The SMILES string of the molecule is O=C(NCC(=O)N1CCN(c2ccccc2)CC1)NC(c1cccc(C(F)(F)F)c1)C1CCOCC1. The summed E-state index contributed by atoms with van der Waals surface area (Å²) in [5, 5.41) is 5.42. The molecular formula is C26H31F3N4O3. The van der Waals surface area contributed by atoms with E-state index in [1.165, 1.54) is 6.07 Å². The number of benzene rings is 2. The highest BCUT2D eigenvalue weighted by molar-refractivity contribution is 5.84. The van der Waals surface area contributed by atoms with Crippen molar-refractivity contribution in [3.8, 4) is 0 Å². The molecule has 0 aromatic heterocycles. The molecule has 2 aliphatic rings. The molecule has 1 atom stereocenters. The molecule has 36 heavy (non-hydrogen) atoms. The zero-order valence-electron chi connectivity index (χ0n) is 20.0.